The van der Waals surface area contributed by atoms with Crippen LogP contribution in [-0.2, 0) is 9.05 Å². The number of benzene rings is 1. The van der Waals surface area contributed by atoms with Gasteiger partial charge >= 0.3 is 0 Å². The standard InChI is InChI=1S/C14H17Cl2NO3S/c1-8-11(4-10(5-12(8)15)21(16,19)20)13(18)17-7-9-6-14(9,2)3/h4-5,9H,6-7H2,1-3H3,(H,17,18). The van der Waals surface area contributed by atoms with Crippen molar-refractivity contribution in [3.8, 4) is 0 Å². The van der Waals surface area contributed by atoms with Crippen LogP contribution in [-0.4, -0.2) is 20.9 Å². The Kier molecular flexibility index (Phi) is 4.30. The van der Waals surface area contributed by atoms with Gasteiger partial charge in [-0.25, -0.2) is 8.42 Å². The zero-order valence-electron chi connectivity index (χ0n) is 12.0. The van der Waals surface area contributed by atoms with Crippen molar-refractivity contribution in [1.29, 1.82) is 0 Å². The third-order valence-electron chi connectivity index (χ3n) is 4.07. The highest BCUT2D eigenvalue weighted by Crippen LogP contribution is 2.51. The number of carbonyl (C=O) groups excluding carboxylic acids is 1. The van der Waals surface area contributed by atoms with Crippen molar-refractivity contribution in [3.05, 3.63) is 28.3 Å². The SMILES string of the molecule is Cc1c(Cl)cc(S(=O)(=O)Cl)cc1C(=O)NCC1CC1(C)C. The number of carbonyl (C=O) groups is 1. The van der Waals surface area contributed by atoms with Crippen LogP contribution in [0.3, 0.4) is 0 Å². The second-order valence-corrected chi connectivity index (χ2v) is 9.09. The fourth-order valence-electron chi connectivity index (χ4n) is 2.27. The van der Waals surface area contributed by atoms with E-state index in [1.54, 1.807) is 6.92 Å². The van der Waals surface area contributed by atoms with E-state index >= 15 is 0 Å². The highest BCUT2D eigenvalue weighted by Gasteiger charge is 2.45. The Morgan fingerprint density at radius 1 is 1.43 bits per heavy atom. The average molecular weight is 350 g/mol. The maximum absolute atomic E-state index is 12.2. The maximum atomic E-state index is 12.2. The molecule has 7 heteroatoms. The Hall–Kier alpha value is -0.780. The van der Waals surface area contributed by atoms with E-state index in [1.807, 2.05) is 0 Å². The first kappa shape index (κ1) is 16.6. The zero-order valence-corrected chi connectivity index (χ0v) is 14.4. The van der Waals surface area contributed by atoms with Crippen LogP contribution >= 0.6 is 22.3 Å². The van der Waals surface area contributed by atoms with E-state index in [0.717, 1.165) is 6.42 Å². The first-order valence-electron chi connectivity index (χ1n) is 6.55. The predicted molar refractivity (Wildman–Crippen MR) is 83.4 cm³/mol. The Balaban J connectivity index is 2.22. The summed E-state index contributed by atoms with van der Waals surface area (Å²) in [6, 6.07) is 2.51. The van der Waals surface area contributed by atoms with Gasteiger partial charge in [-0.1, -0.05) is 25.4 Å². The smallest absolute Gasteiger partial charge is 0.261 e. The van der Waals surface area contributed by atoms with Crippen LogP contribution in [0.4, 0.5) is 0 Å². The van der Waals surface area contributed by atoms with E-state index in [4.69, 9.17) is 22.3 Å². The summed E-state index contributed by atoms with van der Waals surface area (Å²) in [5.41, 5.74) is 1.04. The molecule has 0 saturated heterocycles. The number of hydrogen-bond donors (Lipinski definition) is 1. The van der Waals surface area contributed by atoms with Gasteiger partial charge in [0.15, 0.2) is 0 Å². The summed E-state index contributed by atoms with van der Waals surface area (Å²) < 4.78 is 22.8. The molecule has 0 spiro atoms. The van der Waals surface area contributed by atoms with Crippen LogP contribution in [0.25, 0.3) is 0 Å². The topological polar surface area (TPSA) is 63.2 Å². The molecule has 1 unspecified atom stereocenters. The second-order valence-electron chi connectivity index (χ2n) is 6.12. The Morgan fingerprint density at radius 3 is 2.48 bits per heavy atom. The molecule has 2 rings (SSSR count). The molecule has 1 fully saturated rings. The van der Waals surface area contributed by atoms with Gasteiger partial charge in [0.25, 0.3) is 15.0 Å². The van der Waals surface area contributed by atoms with Gasteiger partial charge in [-0.05, 0) is 42.4 Å². The number of rotatable bonds is 4. The van der Waals surface area contributed by atoms with Crippen molar-refractivity contribution >= 4 is 37.2 Å². The molecular formula is C14H17Cl2NO3S. The molecule has 1 aromatic rings. The van der Waals surface area contributed by atoms with Crippen molar-refractivity contribution in [2.45, 2.75) is 32.1 Å². The zero-order chi connectivity index (χ0) is 16.0. The summed E-state index contributed by atoms with van der Waals surface area (Å²) in [6.07, 6.45) is 1.07. The number of nitrogens with one attached hydrogen (secondary N) is 1. The van der Waals surface area contributed by atoms with E-state index in [2.05, 4.69) is 19.2 Å². The van der Waals surface area contributed by atoms with Gasteiger partial charge in [-0.15, -0.1) is 0 Å². The average Bonchev–Trinajstić information content (AvgIpc) is 2.96. The van der Waals surface area contributed by atoms with Crippen molar-refractivity contribution in [2.75, 3.05) is 6.54 Å². The van der Waals surface area contributed by atoms with E-state index in [1.165, 1.54) is 12.1 Å². The number of hydrogen-bond acceptors (Lipinski definition) is 3. The van der Waals surface area contributed by atoms with Gasteiger partial charge in [-0.2, -0.15) is 0 Å². The van der Waals surface area contributed by atoms with Gasteiger partial charge in [0.05, 0.1) is 4.90 Å². The molecule has 1 aliphatic carbocycles. The van der Waals surface area contributed by atoms with Gasteiger partial charge in [-0.3, -0.25) is 4.79 Å². The lowest BCUT2D eigenvalue weighted by Crippen LogP contribution is -2.27. The number of amides is 1. The molecule has 1 aliphatic rings. The monoisotopic (exact) mass is 349 g/mol. The van der Waals surface area contributed by atoms with Crippen LogP contribution in [0.1, 0.15) is 36.2 Å². The summed E-state index contributed by atoms with van der Waals surface area (Å²) in [7, 11) is 1.39. The highest BCUT2D eigenvalue weighted by atomic mass is 35.7. The van der Waals surface area contributed by atoms with Crippen molar-refractivity contribution < 1.29 is 13.2 Å². The van der Waals surface area contributed by atoms with E-state index < -0.39 is 9.05 Å². The van der Waals surface area contributed by atoms with Crippen LogP contribution in [0.15, 0.2) is 17.0 Å². The third-order valence-corrected chi connectivity index (χ3v) is 5.80. The molecule has 0 bridgehead atoms. The molecule has 116 valence electrons. The number of halogens is 2. The summed E-state index contributed by atoms with van der Waals surface area (Å²) in [5, 5.41) is 3.03. The van der Waals surface area contributed by atoms with Crippen LogP contribution in [0.2, 0.25) is 5.02 Å². The lowest BCUT2D eigenvalue weighted by molar-refractivity contribution is 0.0950. The first-order valence-corrected chi connectivity index (χ1v) is 9.24. The third kappa shape index (κ3) is 3.71. The molecule has 0 radical (unpaired) electrons. The molecular weight excluding hydrogens is 333 g/mol. The molecule has 1 saturated carbocycles. The molecule has 1 amide bonds. The molecule has 1 atom stereocenters. The Labute approximate surface area is 134 Å². The van der Waals surface area contributed by atoms with Crippen LogP contribution in [0.5, 0.6) is 0 Å². The normalized spacial score (nSPS) is 20.1. The van der Waals surface area contributed by atoms with Gasteiger partial charge in [0, 0.05) is 27.8 Å². The summed E-state index contributed by atoms with van der Waals surface area (Å²) in [4.78, 5) is 12.1. The van der Waals surface area contributed by atoms with Gasteiger partial charge in [0.2, 0.25) is 0 Å². The van der Waals surface area contributed by atoms with Crippen molar-refractivity contribution in [2.24, 2.45) is 11.3 Å². The molecule has 1 aromatic carbocycles. The summed E-state index contributed by atoms with van der Waals surface area (Å²) >= 11 is 5.99. The fraction of sp³-hybridized carbons (Fsp3) is 0.500. The molecule has 1 N–H and O–H groups in total. The van der Waals surface area contributed by atoms with Crippen molar-refractivity contribution in [3.63, 3.8) is 0 Å². The molecule has 0 heterocycles. The molecule has 0 aliphatic heterocycles. The largest absolute Gasteiger partial charge is 0.352 e. The van der Waals surface area contributed by atoms with Gasteiger partial charge in [0.1, 0.15) is 0 Å². The molecule has 21 heavy (non-hydrogen) atoms. The minimum absolute atomic E-state index is 0.170. The van der Waals surface area contributed by atoms with E-state index in [-0.39, 0.29) is 26.8 Å². The Morgan fingerprint density at radius 2 is 2.00 bits per heavy atom. The summed E-state index contributed by atoms with van der Waals surface area (Å²) in [5.74, 6) is 0.122. The van der Waals surface area contributed by atoms with Gasteiger partial charge < -0.3 is 5.32 Å². The second kappa shape index (κ2) is 5.45. The van der Waals surface area contributed by atoms with Crippen LogP contribution in [0, 0.1) is 18.3 Å². The quantitative estimate of drug-likeness (QED) is 0.847. The Bertz CT molecular complexity index is 698. The lowest BCUT2D eigenvalue weighted by atomic mass is 10.1. The predicted octanol–water partition coefficient (Wildman–Crippen LogP) is 3.35. The summed E-state index contributed by atoms with van der Waals surface area (Å²) in [6.45, 7) is 6.53. The maximum Gasteiger partial charge on any atom is 0.261 e. The minimum atomic E-state index is -3.93. The fourth-order valence-corrected chi connectivity index (χ4v) is 3.33. The first-order chi connectivity index (χ1) is 9.52. The molecule has 0 aromatic heterocycles. The molecule has 4 nitrogen and oxygen atoms in total. The van der Waals surface area contributed by atoms with E-state index in [0.29, 0.717) is 18.0 Å². The van der Waals surface area contributed by atoms with Crippen molar-refractivity contribution in [1.82, 2.24) is 5.32 Å². The van der Waals surface area contributed by atoms with E-state index in [9.17, 15) is 13.2 Å². The minimum Gasteiger partial charge on any atom is -0.352 e. The highest BCUT2D eigenvalue weighted by molar-refractivity contribution is 8.13. The van der Waals surface area contributed by atoms with Crippen LogP contribution < -0.4 is 5.32 Å². The lowest BCUT2D eigenvalue weighted by Gasteiger charge is -2.11.